The van der Waals surface area contributed by atoms with Gasteiger partial charge < -0.3 is 20.1 Å². The van der Waals surface area contributed by atoms with E-state index in [0.29, 0.717) is 30.2 Å². The van der Waals surface area contributed by atoms with Gasteiger partial charge in [-0.25, -0.2) is 4.39 Å². The number of hydrogen-bond acceptors (Lipinski definition) is 4. The second-order valence-corrected chi connectivity index (χ2v) is 5.96. The maximum atomic E-state index is 13.9. The number of nitrogens with one attached hydrogen (secondary N) is 2. The number of methoxy groups -OCH3 is 2. The van der Waals surface area contributed by atoms with Crippen molar-refractivity contribution in [2.75, 3.05) is 27.3 Å². The molecular weight excluding hydrogens is 323 g/mol. The first-order valence-electron chi connectivity index (χ1n) is 8.11. The first-order valence-corrected chi connectivity index (χ1v) is 8.11. The molecule has 132 valence electrons. The molecule has 0 aliphatic carbocycles. The summed E-state index contributed by atoms with van der Waals surface area (Å²) in [7, 11) is 3.10. The van der Waals surface area contributed by atoms with Gasteiger partial charge in [0.1, 0.15) is 17.3 Å². The average Bonchev–Trinajstić information content (AvgIpc) is 2.58. The van der Waals surface area contributed by atoms with Gasteiger partial charge in [-0.2, -0.15) is 0 Å². The number of carbonyl (C=O) groups excluding carboxylic acids is 1. The predicted octanol–water partition coefficient (Wildman–Crippen LogP) is 2.27. The molecule has 1 fully saturated rings. The Bertz CT molecular complexity index is 762. The van der Waals surface area contributed by atoms with Gasteiger partial charge in [0, 0.05) is 18.7 Å². The molecule has 1 atom stereocenters. The summed E-state index contributed by atoms with van der Waals surface area (Å²) < 4.78 is 24.5. The van der Waals surface area contributed by atoms with Crippen molar-refractivity contribution in [3.63, 3.8) is 0 Å². The first kappa shape index (κ1) is 17.2. The first-order chi connectivity index (χ1) is 12.1. The molecule has 0 aromatic heterocycles. The zero-order valence-electron chi connectivity index (χ0n) is 14.2. The number of hydrogen-bond donors (Lipinski definition) is 2. The van der Waals surface area contributed by atoms with Crippen molar-refractivity contribution >= 4 is 5.91 Å². The van der Waals surface area contributed by atoms with Crippen LogP contribution in [0.5, 0.6) is 11.5 Å². The van der Waals surface area contributed by atoms with Gasteiger partial charge >= 0.3 is 0 Å². The number of ether oxygens (including phenoxy) is 2. The summed E-state index contributed by atoms with van der Waals surface area (Å²) in [6.45, 7) is 1.30. The standard InChI is InChI=1S/C19H21FN2O3/c1-24-15-5-3-4-12(8-15)18(22-19(23)13-10-21-11-13)16-9-14(20)6-7-17(16)25-2/h3-9,13,18,21H,10-11H2,1-2H3,(H,22,23). The maximum absolute atomic E-state index is 13.9. The minimum absolute atomic E-state index is 0.0714. The van der Waals surface area contributed by atoms with E-state index < -0.39 is 6.04 Å². The molecule has 0 radical (unpaired) electrons. The molecule has 6 heteroatoms. The molecule has 0 bridgehead atoms. The van der Waals surface area contributed by atoms with Crippen LogP contribution < -0.4 is 20.1 Å². The van der Waals surface area contributed by atoms with Crippen molar-refractivity contribution in [2.45, 2.75) is 6.04 Å². The highest BCUT2D eigenvalue weighted by Crippen LogP contribution is 2.32. The van der Waals surface area contributed by atoms with E-state index in [2.05, 4.69) is 10.6 Å². The number of amides is 1. The molecule has 0 spiro atoms. The fraction of sp³-hybridized carbons (Fsp3) is 0.316. The Morgan fingerprint density at radius 2 is 2.00 bits per heavy atom. The molecule has 3 rings (SSSR count). The van der Waals surface area contributed by atoms with E-state index in [-0.39, 0.29) is 17.6 Å². The van der Waals surface area contributed by atoms with Crippen LogP contribution in [0.25, 0.3) is 0 Å². The second kappa shape index (κ2) is 7.53. The zero-order chi connectivity index (χ0) is 17.8. The normalized spacial score (nSPS) is 15.2. The monoisotopic (exact) mass is 344 g/mol. The number of benzene rings is 2. The Balaban J connectivity index is 2.01. The van der Waals surface area contributed by atoms with Gasteiger partial charge in [0.05, 0.1) is 26.2 Å². The molecular formula is C19H21FN2O3. The molecule has 0 saturated carbocycles. The van der Waals surface area contributed by atoms with Crippen molar-refractivity contribution in [1.29, 1.82) is 0 Å². The lowest BCUT2D eigenvalue weighted by molar-refractivity contribution is -0.126. The smallest absolute Gasteiger partial charge is 0.226 e. The molecule has 1 saturated heterocycles. The largest absolute Gasteiger partial charge is 0.497 e. The van der Waals surface area contributed by atoms with Crippen molar-refractivity contribution in [2.24, 2.45) is 5.92 Å². The van der Waals surface area contributed by atoms with Gasteiger partial charge in [-0.3, -0.25) is 4.79 Å². The van der Waals surface area contributed by atoms with Crippen LogP contribution in [0.1, 0.15) is 17.2 Å². The molecule has 2 aromatic carbocycles. The summed E-state index contributed by atoms with van der Waals surface area (Å²) in [6, 6.07) is 11.1. The Hall–Kier alpha value is -2.60. The summed E-state index contributed by atoms with van der Waals surface area (Å²) in [4.78, 5) is 12.5. The van der Waals surface area contributed by atoms with Crippen LogP contribution in [0.2, 0.25) is 0 Å². The molecule has 1 amide bonds. The minimum Gasteiger partial charge on any atom is -0.497 e. The van der Waals surface area contributed by atoms with Crippen LogP contribution in [-0.2, 0) is 4.79 Å². The molecule has 1 aliphatic rings. The second-order valence-electron chi connectivity index (χ2n) is 5.96. The molecule has 2 N–H and O–H groups in total. The van der Waals surface area contributed by atoms with E-state index in [1.807, 2.05) is 24.3 Å². The summed E-state index contributed by atoms with van der Waals surface area (Å²) >= 11 is 0. The van der Waals surface area contributed by atoms with Crippen LogP contribution >= 0.6 is 0 Å². The summed E-state index contributed by atoms with van der Waals surface area (Å²) in [5.41, 5.74) is 1.36. The fourth-order valence-corrected chi connectivity index (χ4v) is 2.83. The van der Waals surface area contributed by atoms with Crippen LogP contribution in [0.4, 0.5) is 4.39 Å². The van der Waals surface area contributed by atoms with E-state index in [1.54, 1.807) is 13.2 Å². The van der Waals surface area contributed by atoms with Crippen molar-refractivity contribution in [3.8, 4) is 11.5 Å². The third-order valence-electron chi connectivity index (χ3n) is 4.37. The molecule has 1 heterocycles. The SMILES string of the molecule is COc1cccc(C(NC(=O)C2CNC2)c2cc(F)ccc2OC)c1. The van der Waals surface area contributed by atoms with Crippen molar-refractivity contribution < 1.29 is 18.7 Å². The zero-order valence-corrected chi connectivity index (χ0v) is 14.2. The van der Waals surface area contributed by atoms with E-state index in [0.717, 1.165) is 5.56 Å². The Kier molecular flexibility index (Phi) is 5.19. The Labute approximate surface area is 146 Å². The lowest BCUT2D eigenvalue weighted by Crippen LogP contribution is -2.51. The lowest BCUT2D eigenvalue weighted by Gasteiger charge is -2.29. The molecule has 2 aromatic rings. The van der Waals surface area contributed by atoms with Gasteiger partial charge in [0.25, 0.3) is 0 Å². The van der Waals surface area contributed by atoms with Gasteiger partial charge in [0.2, 0.25) is 5.91 Å². The van der Waals surface area contributed by atoms with Gasteiger partial charge in [-0.15, -0.1) is 0 Å². The lowest BCUT2D eigenvalue weighted by atomic mass is 9.95. The quantitative estimate of drug-likeness (QED) is 0.844. The number of halogens is 1. The van der Waals surface area contributed by atoms with Crippen LogP contribution in [0.3, 0.4) is 0 Å². The van der Waals surface area contributed by atoms with Crippen LogP contribution in [0, 0.1) is 11.7 Å². The maximum Gasteiger partial charge on any atom is 0.226 e. The molecule has 1 unspecified atom stereocenters. The van der Waals surface area contributed by atoms with Crippen molar-refractivity contribution in [1.82, 2.24) is 10.6 Å². The highest BCUT2D eigenvalue weighted by atomic mass is 19.1. The van der Waals surface area contributed by atoms with E-state index in [4.69, 9.17) is 9.47 Å². The Morgan fingerprint density at radius 3 is 2.64 bits per heavy atom. The highest BCUT2D eigenvalue weighted by Gasteiger charge is 2.29. The third-order valence-corrected chi connectivity index (χ3v) is 4.37. The molecule has 5 nitrogen and oxygen atoms in total. The van der Waals surface area contributed by atoms with Gasteiger partial charge in [-0.1, -0.05) is 12.1 Å². The van der Waals surface area contributed by atoms with Crippen molar-refractivity contribution in [3.05, 3.63) is 59.4 Å². The summed E-state index contributed by atoms with van der Waals surface area (Å²) in [6.07, 6.45) is 0. The third kappa shape index (κ3) is 3.74. The van der Waals surface area contributed by atoms with Crippen LogP contribution in [-0.4, -0.2) is 33.2 Å². The van der Waals surface area contributed by atoms with E-state index >= 15 is 0 Å². The Morgan fingerprint density at radius 1 is 1.20 bits per heavy atom. The van der Waals surface area contributed by atoms with Crippen LogP contribution in [0.15, 0.2) is 42.5 Å². The summed E-state index contributed by atoms with van der Waals surface area (Å²) in [5.74, 6) is 0.646. The van der Waals surface area contributed by atoms with Gasteiger partial charge in [0.15, 0.2) is 0 Å². The number of rotatable bonds is 6. The minimum atomic E-state index is -0.533. The molecule has 1 aliphatic heterocycles. The highest BCUT2D eigenvalue weighted by molar-refractivity contribution is 5.81. The fourth-order valence-electron chi connectivity index (χ4n) is 2.83. The topological polar surface area (TPSA) is 59.6 Å². The van der Waals surface area contributed by atoms with E-state index in [1.165, 1.54) is 19.2 Å². The molecule has 25 heavy (non-hydrogen) atoms. The van der Waals surface area contributed by atoms with Gasteiger partial charge in [-0.05, 0) is 35.9 Å². The average molecular weight is 344 g/mol. The number of carbonyl (C=O) groups is 1. The predicted molar refractivity (Wildman–Crippen MR) is 92.3 cm³/mol. The summed E-state index contributed by atoms with van der Waals surface area (Å²) in [5, 5.41) is 6.10. The van der Waals surface area contributed by atoms with E-state index in [9.17, 15) is 9.18 Å².